The second kappa shape index (κ2) is 5.92. The van der Waals surface area contributed by atoms with E-state index >= 15 is 0 Å². The van der Waals surface area contributed by atoms with E-state index in [4.69, 9.17) is 4.74 Å². The summed E-state index contributed by atoms with van der Waals surface area (Å²) in [6, 6.07) is 6.49. The molecule has 1 unspecified atom stereocenters. The zero-order chi connectivity index (χ0) is 13.9. The number of sulfone groups is 1. The van der Waals surface area contributed by atoms with Crippen molar-refractivity contribution in [1.29, 1.82) is 0 Å². The monoisotopic (exact) mass is 283 g/mol. The molecule has 2 rings (SSSR count). The molecule has 0 spiro atoms. The highest BCUT2D eigenvalue weighted by molar-refractivity contribution is 7.90. The summed E-state index contributed by atoms with van der Waals surface area (Å²) in [5.74, 6) is 1.23. The van der Waals surface area contributed by atoms with Crippen molar-refractivity contribution in [2.75, 3.05) is 25.2 Å². The van der Waals surface area contributed by atoms with Gasteiger partial charge in [-0.3, -0.25) is 0 Å². The van der Waals surface area contributed by atoms with Gasteiger partial charge < -0.3 is 10.1 Å². The van der Waals surface area contributed by atoms with Gasteiger partial charge in [0.05, 0.1) is 12.4 Å². The molecule has 4 nitrogen and oxygen atoms in total. The number of fused-ring (bicyclic) bond motifs is 1. The molecular weight excluding hydrogens is 262 g/mol. The molecule has 1 atom stereocenters. The van der Waals surface area contributed by atoms with E-state index in [-0.39, 0.29) is 11.8 Å². The van der Waals surface area contributed by atoms with Gasteiger partial charge in [0.15, 0.2) is 0 Å². The Morgan fingerprint density at radius 3 is 2.95 bits per heavy atom. The quantitative estimate of drug-likeness (QED) is 0.808. The van der Waals surface area contributed by atoms with Crippen LogP contribution >= 0.6 is 0 Å². The van der Waals surface area contributed by atoms with Crippen LogP contribution in [-0.4, -0.2) is 33.6 Å². The Morgan fingerprint density at radius 2 is 2.21 bits per heavy atom. The lowest BCUT2D eigenvalue weighted by atomic mass is 10.0. The summed E-state index contributed by atoms with van der Waals surface area (Å²) < 4.78 is 27.5. The number of hydrogen-bond donors (Lipinski definition) is 1. The van der Waals surface area contributed by atoms with Gasteiger partial charge in [-0.05, 0) is 37.1 Å². The van der Waals surface area contributed by atoms with Gasteiger partial charge in [0, 0.05) is 18.7 Å². The first-order chi connectivity index (χ1) is 8.96. The van der Waals surface area contributed by atoms with E-state index in [1.165, 1.54) is 17.4 Å². The van der Waals surface area contributed by atoms with Crippen LogP contribution in [0.2, 0.25) is 0 Å². The summed E-state index contributed by atoms with van der Waals surface area (Å²) in [6.45, 7) is 3.58. The maximum atomic E-state index is 11.0. The van der Waals surface area contributed by atoms with Crippen LogP contribution in [0.15, 0.2) is 18.2 Å². The SMILES string of the molecule is CC(NCCCS(C)(=O)=O)c1ccc2c(c1)CCO2. The fraction of sp³-hybridized carbons (Fsp3) is 0.571. The first-order valence-electron chi connectivity index (χ1n) is 6.62. The largest absolute Gasteiger partial charge is 0.493 e. The van der Waals surface area contributed by atoms with Crippen LogP contribution in [0.1, 0.15) is 30.5 Å². The molecule has 0 aromatic heterocycles. The minimum atomic E-state index is -2.85. The molecule has 0 fully saturated rings. The number of hydrogen-bond acceptors (Lipinski definition) is 4. The smallest absolute Gasteiger partial charge is 0.147 e. The molecule has 0 radical (unpaired) electrons. The Morgan fingerprint density at radius 1 is 1.42 bits per heavy atom. The highest BCUT2D eigenvalue weighted by Crippen LogP contribution is 2.27. The van der Waals surface area contributed by atoms with E-state index in [9.17, 15) is 8.42 Å². The molecule has 0 saturated heterocycles. The number of rotatable bonds is 6. The minimum Gasteiger partial charge on any atom is -0.493 e. The van der Waals surface area contributed by atoms with Crippen LogP contribution < -0.4 is 10.1 Å². The average molecular weight is 283 g/mol. The fourth-order valence-corrected chi connectivity index (χ4v) is 2.92. The van der Waals surface area contributed by atoms with Crippen molar-refractivity contribution in [3.63, 3.8) is 0 Å². The Labute approximate surface area is 115 Å². The van der Waals surface area contributed by atoms with E-state index in [1.807, 2.05) is 6.07 Å². The molecular formula is C14H21NO3S. The summed E-state index contributed by atoms with van der Waals surface area (Å²) in [6.07, 6.45) is 2.90. The lowest BCUT2D eigenvalue weighted by Gasteiger charge is -2.15. The van der Waals surface area contributed by atoms with Crippen molar-refractivity contribution < 1.29 is 13.2 Å². The van der Waals surface area contributed by atoms with Crippen LogP contribution in [0.3, 0.4) is 0 Å². The first-order valence-corrected chi connectivity index (χ1v) is 8.68. The molecule has 0 bridgehead atoms. The number of nitrogens with one attached hydrogen (secondary N) is 1. The molecule has 0 aliphatic carbocycles. The zero-order valence-corrected chi connectivity index (χ0v) is 12.3. The maximum Gasteiger partial charge on any atom is 0.147 e. The average Bonchev–Trinajstić information content (AvgIpc) is 2.80. The second-order valence-electron chi connectivity index (χ2n) is 5.12. The Balaban J connectivity index is 1.85. The van der Waals surface area contributed by atoms with Gasteiger partial charge in [-0.25, -0.2) is 8.42 Å². The molecule has 1 heterocycles. The normalized spacial score (nSPS) is 15.9. The van der Waals surface area contributed by atoms with Crippen LogP contribution in [0.25, 0.3) is 0 Å². The van der Waals surface area contributed by atoms with Gasteiger partial charge in [-0.1, -0.05) is 12.1 Å². The Hall–Kier alpha value is -1.07. The summed E-state index contributed by atoms with van der Waals surface area (Å²) in [4.78, 5) is 0. The van der Waals surface area contributed by atoms with Crippen molar-refractivity contribution in [3.8, 4) is 5.75 Å². The third-order valence-electron chi connectivity index (χ3n) is 3.36. The first kappa shape index (κ1) is 14.3. The van der Waals surface area contributed by atoms with Gasteiger partial charge in [0.2, 0.25) is 0 Å². The maximum absolute atomic E-state index is 11.0. The molecule has 1 aromatic rings. The molecule has 1 aliphatic rings. The predicted molar refractivity (Wildman–Crippen MR) is 76.4 cm³/mol. The third kappa shape index (κ3) is 4.21. The summed E-state index contributed by atoms with van der Waals surface area (Å²) in [5.41, 5.74) is 2.49. The summed E-state index contributed by atoms with van der Waals surface area (Å²) in [7, 11) is -2.85. The van der Waals surface area contributed by atoms with E-state index < -0.39 is 9.84 Å². The van der Waals surface area contributed by atoms with Gasteiger partial charge in [0.1, 0.15) is 15.6 Å². The van der Waals surface area contributed by atoms with Gasteiger partial charge in [-0.2, -0.15) is 0 Å². The molecule has 1 aromatic carbocycles. The lowest BCUT2D eigenvalue weighted by Crippen LogP contribution is -2.21. The molecule has 1 aliphatic heterocycles. The van der Waals surface area contributed by atoms with Crippen molar-refractivity contribution in [3.05, 3.63) is 29.3 Å². The highest BCUT2D eigenvalue weighted by atomic mass is 32.2. The van der Waals surface area contributed by atoms with E-state index in [1.54, 1.807) is 0 Å². The third-order valence-corrected chi connectivity index (χ3v) is 4.39. The summed E-state index contributed by atoms with van der Waals surface area (Å²) >= 11 is 0. The van der Waals surface area contributed by atoms with Crippen molar-refractivity contribution in [2.24, 2.45) is 0 Å². The standard InChI is InChI=1S/C14H21NO3S/c1-11(15-7-3-9-19(2,16)17)12-4-5-14-13(10-12)6-8-18-14/h4-5,10-11,15H,3,6-9H2,1-2H3. The molecule has 5 heteroatoms. The highest BCUT2D eigenvalue weighted by Gasteiger charge is 2.14. The van der Waals surface area contributed by atoms with Crippen molar-refractivity contribution in [1.82, 2.24) is 5.32 Å². The molecule has 106 valence electrons. The predicted octanol–water partition coefficient (Wildman–Crippen LogP) is 1.71. The fourth-order valence-electron chi connectivity index (χ4n) is 2.25. The molecule has 1 N–H and O–H groups in total. The summed E-state index contributed by atoms with van der Waals surface area (Å²) in [5, 5.41) is 3.36. The van der Waals surface area contributed by atoms with Gasteiger partial charge >= 0.3 is 0 Å². The van der Waals surface area contributed by atoms with E-state index in [0.717, 1.165) is 18.8 Å². The van der Waals surface area contributed by atoms with Crippen LogP contribution in [-0.2, 0) is 16.3 Å². The molecule has 0 amide bonds. The van der Waals surface area contributed by atoms with Gasteiger partial charge in [0.25, 0.3) is 0 Å². The Bertz CT molecular complexity index is 540. The van der Waals surface area contributed by atoms with Crippen LogP contribution in [0, 0.1) is 0 Å². The second-order valence-corrected chi connectivity index (χ2v) is 7.38. The number of ether oxygens (including phenoxy) is 1. The Kier molecular flexibility index (Phi) is 4.47. The van der Waals surface area contributed by atoms with Crippen LogP contribution in [0.4, 0.5) is 0 Å². The lowest BCUT2D eigenvalue weighted by molar-refractivity contribution is 0.356. The number of benzene rings is 1. The zero-order valence-electron chi connectivity index (χ0n) is 11.5. The van der Waals surface area contributed by atoms with Crippen molar-refractivity contribution >= 4 is 9.84 Å². The molecule has 0 saturated carbocycles. The minimum absolute atomic E-state index is 0.227. The van der Waals surface area contributed by atoms with Gasteiger partial charge in [-0.15, -0.1) is 0 Å². The molecule has 19 heavy (non-hydrogen) atoms. The topological polar surface area (TPSA) is 55.4 Å². The van der Waals surface area contributed by atoms with E-state index in [2.05, 4.69) is 24.4 Å². The van der Waals surface area contributed by atoms with E-state index in [0.29, 0.717) is 13.0 Å². The van der Waals surface area contributed by atoms with Crippen molar-refractivity contribution in [2.45, 2.75) is 25.8 Å². The van der Waals surface area contributed by atoms with Crippen LogP contribution in [0.5, 0.6) is 5.75 Å².